The number of ether oxygens (including phenoxy) is 1. The van der Waals surface area contributed by atoms with Gasteiger partial charge in [-0.1, -0.05) is 0 Å². The van der Waals surface area contributed by atoms with E-state index in [-0.39, 0.29) is 5.41 Å². The zero-order valence-electron chi connectivity index (χ0n) is 9.42. The van der Waals surface area contributed by atoms with Crippen molar-refractivity contribution in [2.75, 3.05) is 26.7 Å². The molecule has 1 rings (SSSR count). The van der Waals surface area contributed by atoms with Gasteiger partial charge >= 0.3 is 0 Å². The fraction of sp³-hybridized carbons (Fsp3) is 0.909. The van der Waals surface area contributed by atoms with Gasteiger partial charge in [0.25, 0.3) is 0 Å². The van der Waals surface area contributed by atoms with Crippen molar-refractivity contribution in [3.05, 3.63) is 0 Å². The summed E-state index contributed by atoms with van der Waals surface area (Å²) in [5, 5.41) is 8.97. The predicted octanol–water partition coefficient (Wildman–Crippen LogP) is 1.65. The van der Waals surface area contributed by atoms with Crippen molar-refractivity contribution in [2.45, 2.75) is 32.8 Å². The summed E-state index contributed by atoms with van der Waals surface area (Å²) in [5.74, 6) is 0. The Balaban J connectivity index is 2.33. The van der Waals surface area contributed by atoms with Gasteiger partial charge in [-0.05, 0) is 39.8 Å². The number of piperidine rings is 1. The predicted molar refractivity (Wildman–Crippen MR) is 55.9 cm³/mol. The molecule has 0 aromatic carbocycles. The Kier molecular flexibility index (Phi) is 3.91. The molecule has 1 fully saturated rings. The van der Waals surface area contributed by atoms with E-state index in [0.717, 1.165) is 32.5 Å². The average molecular weight is 196 g/mol. The molecule has 0 N–H and O–H groups in total. The summed E-state index contributed by atoms with van der Waals surface area (Å²) in [6.45, 7) is 7.18. The quantitative estimate of drug-likeness (QED) is 0.688. The number of rotatable bonds is 3. The van der Waals surface area contributed by atoms with Crippen LogP contribution in [0, 0.1) is 16.7 Å². The van der Waals surface area contributed by atoms with E-state index in [4.69, 9.17) is 10.00 Å². The smallest absolute Gasteiger partial charge is 0.0687 e. The van der Waals surface area contributed by atoms with Crippen molar-refractivity contribution in [1.82, 2.24) is 4.90 Å². The lowest BCUT2D eigenvalue weighted by Crippen LogP contribution is -2.41. The van der Waals surface area contributed by atoms with Crippen molar-refractivity contribution in [1.29, 1.82) is 5.26 Å². The normalized spacial score (nSPS) is 24.1. The maximum Gasteiger partial charge on any atom is 0.0687 e. The Hall–Kier alpha value is -0.590. The number of methoxy groups -OCH3 is 1. The van der Waals surface area contributed by atoms with Crippen LogP contribution < -0.4 is 0 Å². The molecule has 0 aliphatic carbocycles. The van der Waals surface area contributed by atoms with Crippen LogP contribution in [0.4, 0.5) is 0 Å². The summed E-state index contributed by atoms with van der Waals surface area (Å²) in [6.07, 6.45) is 2.27. The molecule has 0 spiro atoms. The molecule has 0 aromatic heterocycles. The number of nitrogens with zero attached hydrogens (tertiary/aromatic N) is 2. The highest BCUT2D eigenvalue weighted by atomic mass is 16.5. The molecule has 0 amide bonds. The average Bonchev–Trinajstić information content (AvgIpc) is 2.21. The first kappa shape index (κ1) is 11.5. The zero-order chi connectivity index (χ0) is 10.6. The van der Waals surface area contributed by atoms with Crippen LogP contribution in [0.25, 0.3) is 0 Å². The maximum atomic E-state index is 8.97. The summed E-state index contributed by atoms with van der Waals surface area (Å²) in [7, 11) is 1.74. The van der Waals surface area contributed by atoms with E-state index in [9.17, 15) is 0 Å². The summed E-state index contributed by atoms with van der Waals surface area (Å²) in [6, 6.07) is 2.41. The summed E-state index contributed by atoms with van der Waals surface area (Å²) >= 11 is 0. The lowest BCUT2D eigenvalue weighted by atomic mass is 9.82. The number of hydrogen-bond donors (Lipinski definition) is 0. The molecule has 3 heteroatoms. The molecule has 0 radical (unpaired) electrons. The molecule has 80 valence electrons. The zero-order valence-corrected chi connectivity index (χ0v) is 9.42. The summed E-state index contributed by atoms with van der Waals surface area (Å²) in [4.78, 5) is 2.38. The fourth-order valence-electron chi connectivity index (χ4n) is 1.78. The largest absolute Gasteiger partial charge is 0.380 e. The van der Waals surface area contributed by atoms with Crippen LogP contribution in [-0.4, -0.2) is 37.7 Å². The minimum Gasteiger partial charge on any atom is -0.380 e. The van der Waals surface area contributed by atoms with Gasteiger partial charge in [0.05, 0.1) is 17.6 Å². The topological polar surface area (TPSA) is 36.3 Å². The van der Waals surface area contributed by atoms with Gasteiger partial charge < -0.3 is 9.64 Å². The number of likely N-dealkylation sites (tertiary alicyclic amines) is 1. The minimum atomic E-state index is -0.0905. The van der Waals surface area contributed by atoms with E-state index in [2.05, 4.69) is 24.8 Å². The third-order valence-electron chi connectivity index (χ3n) is 3.15. The second-order valence-electron chi connectivity index (χ2n) is 4.52. The molecule has 1 unspecified atom stereocenters. The molecular formula is C11H20N2O. The third-order valence-corrected chi connectivity index (χ3v) is 3.15. The number of nitriles is 1. The molecule has 1 atom stereocenters. The van der Waals surface area contributed by atoms with Crippen molar-refractivity contribution >= 4 is 0 Å². The Morgan fingerprint density at radius 1 is 1.50 bits per heavy atom. The molecule has 0 bridgehead atoms. The Morgan fingerprint density at radius 2 is 2.07 bits per heavy atom. The van der Waals surface area contributed by atoms with Crippen LogP contribution in [0.3, 0.4) is 0 Å². The van der Waals surface area contributed by atoms with Gasteiger partial charge in [0.15, 0.2) is 0 Å². The summed E-state index contributed by atoms with van der Waals surface area (Å²) < 4.78 is 5.22. The van der Waals surface area contributed by atoms with Crippen LogP contribution in [0.2, 0.25) is 0 Å². The van der Waals surface area contributed by atoms with Gasteiger partial charge in [0.2, 0.25) is 0 Å². The minimum absolute atomic E-state index is 0.0905. The first-order valence-electron chi connectivity index (χ1n) is 5.26. The van der Waals surface area contributed by atoms with Gasteiger partial charge in [-0.15, -0.1) is 0 Å². The molecule has 14 heavy (non-hydrogen) atoms. The maximum absolute atomic E-state index is 8.97. The second kappa shape index (κ2) is 4.77. The Morgan fingerprint density at radius 3 is 2.50 bits per heavy atom. The molecule has 1 aliphatic heterocycles. The second-order valence-corrected chi connectivity index (χ2v) is 4.52. The van der Waals surface area contributed by atoms with Gasteiger partial charge in [0, 0.05) is 13.7 Å². The highest BCUT2D eigenvalue weighted by molar-refractivity contribution is 4.98. The van der Waals surface area contributed by atoms with E-state index < -0.39 is 0 Å². The standard InChI is InChI=1S/C11H20N2O/c1-10(14-3)8-13-6-4-11(2,9-12)5-7-13/h10H,4-8H2,1-3H3. The van der Waals surface area contributed by atoms with Gasteiger partial charge in [-0.2, -0.15) is 5.26 Å². The Bertz CT molecular complexity index is 214. The monoisotopic (exact) mass is 196 g/mol. The van der Waals surface area contributed by atoms with Gasteiger partial charge in [-0.3, -0.25) is 0 Å². The lowest BCUT2D eigenvalue weighted by Gasteiger charge is -2.35. The van der Waals surface area contributed by atoms with Gasteiger partial charge in [-0.25, -0.2) is 0 Å². The molecule has 1 saturated heterocycles. The van der Waals surface area contributed by atoms with Crippen LogP contribution in [0.5, 0.6) is 0 Å². The van der Waals surface area contributed by atoms with Crippen molar-refractivity contribution in [3.63, 3.8) is 0 Å². The van der Waals surface area contributed by atoms with E-state index in [1.807, 2.05) is 0 Å². The number of hydrogen-bond acceptors (Lipinski definition) is 3. The highest BCUT2D eigenvalue weighted by Crippen LogP contribution is 2.29. The van der Waals surface area contributed by atoms with E-state index in [0.29, 0.717) is 6.10 Å². The van der Waals surface area contributed by atoms with Crippen LogP contribution in [-0.2, 0) is 4.74 Å². The van der Waals surface area contributed by atoms with Crippen molar-refractivity contribution in [2.24, 2.45) is 5.41 Å². The summed E-state index contributed by atoms with van der Waals surface area (Å²) in [5.41, 5.74) is -0.0905. The molecule has 1 aliphatic rings. The third kappa shape index (κ3) is 2.97. The fourth-order valence-corrected chi connectivity index (χ4v) is 1.78. The van der Waals surface area contributed by atoms with Crippen LogP contribution in [0.1, 0.15) is 26.7 Å². The van der Waals surface area contributed by atoms with Crippen LogP contribution in [0.15, 0.2) is 0 Å². The SMILES string of the molecule is COC(C)CN1CCC(C)(C#N)CC1. The first-order valence-corrected chi connectivity index (χ1v) is 5.26. The Labute approximate surface area is 86.6 Å². The van der Waals surface area contributed by atoms with Gasteiger partial charge in [0.1, 0.15) is 0 Å². The van der Waals surface area contributed by atoms with E-state index in [1.165, 1.54) is 0 Å². The molecule has 0 aromatic rings. The van der Waals surface area contributed by atoms with E-state index >= 15 is 0 Å². The molecule has 0 saturated carbocycles. The molecule has 3 nitrogen and oxygen atoms in total. The van der Waals surface area contributed by atoms with E-state index in [1.54, 1.807) is 7.11 Å². The first-order chi connectivity index (χ1) is 6.59. The van der Waals surface area contributed by atoms with Crippen LogP contribution >= 0.6 is 0 Å². The molecular weight excluding hydrogens is 176 g/mol. The molecule has 1 heterocycles. The lowest BCUT2D eigenvalue weighted by molar-refractivity contribution is 0.0567. The highest BCUT2D eigenvalue weighted by Gasteiger charge is 2.30. The van der Waals surface area contributed by atoms with Crippen molar-refractivity contribution in [3.8, 4) is 6.07 Å². The van der Waals surface area contributed by atoms with Crippen molar-refractivity contribution < 1.29 is 4.74 Å².